The zero-order valence-electron chi connectivity index (χ0n) is 13.4. The summed E-state index contributed by atoms with van der Waals surface area (Å²) in [5.41, 5.74) is 5.41. The second-order valence-electron chi connectivity index (χ2n) is 5.36. The molecule has 3 rings (SSSR count). The molecule has 0 saturated heterocycles. The van der Waals surface area contributed by atoms with Gasteiger partial charge in [-0.25, -0.2) is 9.18 Å². The minimum Gasteiger partial charge on any atom is -0.448 e. The molecule has 0 unspecified atom stereocenters. The minimum atomic E-state index is -1.09. The third-order valence-corrected chi connectivity index (χ3v) is 5.43. The van der Waals surface area contributed by atoms with Gasteiger partial charge in [-0.3, -0.25) is 9.59 Å². The van der Waals surface area contributed by atoms with Gasteiger partial charge in [0.05, 0.1) is 5.56 Å². The number of hydrogen-bond donors (Lipinski definition) is 2. The van der Waals surface area contributed by atoms with Crippen LogP contribution >= 0.6 is 22.7 Å². The van der Waals surface area contributed by atoms with Crippen molar-refractivity contribution in [1.29, 1.82) is 0 Å². The summed E-state index contributed by atoms with van der Waals surface area (Å²) in [6.45, 7) is 1.41. The number of carbonyl (C=O) groups excluding carboxylic acids is 3. The van der Waals surface area contributed by atoms with Crippen molar-refractivity contribution in [3.05, 3.63) is 52.0 Å². The molecule has 0 fully saturated rings. The van der Waals surface area contributed by atoms with E-state index in [1.54, 1.807) is 11.4 Å². The minimum absolute atomic E-state index is 0.188. The standard InChI is InChI=1S/C17H13FN2O4S2/c1-8(15(22)20-16-11(14(19)21)4-5-25-16)24-17(23)13-7-9-6-10(18)2-3-12(9)26-13/h2-8H,1H3,(H2,19,21)(H,20,22)/t8-/m0/s1. The van der Waals surface area contributed by atoms with Crippen LogP contribution < -0.4 is 11.1 Å². The van der Waals surface area contributed by atoms with Crippen LogP contribution in [0.15, 0.2) is 35.7 Å². The van der Waals surface area contributed by atoms with Gasteiger partial charge in [0.25, 0.3) is 11.8 Å². The predicted molar refractivity (Wildman–Crippen MR) is 98.1 cm³/mol. The van der Waals surface area contributed by atoms with Crippen LogP contribution in [0.5, 0.6) is 0 Å². The van der Waals surface area contributed by atoms with Gasteiger partial charge in [-0.1, -0.05) is 0 Å². The van der Waals surface area contributed by atoms with Gasteiger partial charge in [0.1, 0.15) is 15.7 Å². The normalized spacial score (nSPS) is 11.9. The highest BCUT2D eigenvalue weighted by atomic mass is 32.1. The van der Waals surface area contributed by atoms with Crippen LogP contribution in [0.1, 0.15) is 27.0 Å². The van der Waals surface area contributed by atoms with Gasteiger partial charge in [0.15, 0.2) is 6.10 Å². The van der Waals surface area contributed by atoms with E-state index in [9.17, 15) is 18.8 Å². The van der Waals surface area contributed by atoms with Crippen LogP contribution in [0.2, 0.25) is 0 Å². The molecule has 6 nitrogen and oxygen atoms in total. The van der Waals surface area contributed by atoms with Crippen molar-refractivity contribution in [3.8, 4) is 0 Å². The van der Waals surface area contributed by atoms with Crippen molar-refractivity contribution in [2.45, 2.75) is 13.0 Å². The topological polar surface area (TPSA) is 98.5 Å². The highest BCUT2D eigenvalue weighted by molar-refractivity contribution is 7.20. The number of primary amides is 1. The van der Waals surface area contributed by atoms with Gasteiger partial charge in [-0.2, -0.15) is 0 Å². The molecule has 0 saturated carbocycles. The lowest BCUT2D eigenvalue weighted by Crippen LogP contribution is -2.30. The van der Waals surface area contributed by atoms with Gasteiger partial charge in [0.2, 0.25) is 0 Å². The van der Waals surface area contributed by atoms with E-state index in [-0.39, 0.29) is 10.4 Å². The molecule has 134 valence electrons. The first-order chi connectivity index (χ1) is 12.3. The Kier molecular flexibility index (Phi) is 5.01. The molecule has 3 aromatic rings. The van der Waals surface area contributed by atoms with Crippen LogP contribution in [0.3, 0.4) is 0 Å². The zero-order chi connectivity index (χ0) is 18.8. The Morgan fingerprint density at radius 3 is 2.73 bits per heavy atom. The highest BCUT2D eigenvalue weighted by Gasteiger charge is 2.22. The summed E-state index contributed by atoms with van der Waals surface area (Å²) in [4.78, 5) is 36.0. The van der Waals surface area contributed by atoms with E-state index in [2.05, 4.69) is 5.32 Å². The number of thiophene rings is 2. The SMILES string of the molecule is C[C@H](OC(=O)c1cc2cc(F)ccc2s1)C(=O)Nc1sccc1C(N)=O. The first kappa shape index (κ1) is 18.0. The summed E-state index contributed by atoms with van der Waals surface area (Å²) >= 11 is 2.28. The van der Waals surface area contributed by atoms with Gasteiger partial charge >= 0.3 is 5.97 Å². The molecule has 2 heterocycles. The van der Waals surface area contributed by atoms with Crippen LogP contribution in [-0.4, -0.2) is 23.9 Å². The Morgan fingerprint density at radius 1 is 1.23 bits per heavy atom. The first-order valence-electron chi connectivity index (χ1n) is 7.43. The van der Waals surface area contributed by atoms with Crippen molar-refractivity contribution in [1.82, 2.24) is 0 Å². The maximum atomic E-state index is 13.2. The molecule has 0 aliphatic rings. The number of nitrogens with two attached hydrogens (primary N) is 1. The summed E-state index contributed by atoms with van der Waals surface area (Å²) in [5.74, 6) is -2.33. The van der Waals surface area contributed by atoms with E-state index in [1.165, 1.54) is 31.2 Å². The second-order valence-corrected chi connectivity index (χ2v) is 7.36. The number of ether oxygens (including phenoxy) is 1. The largest absolute Gasteiger partial charge is 0.448 e. The highest BCUT2D eigenvalue weighted by Crippen LogP contribution is 2.27. The van der Waals surface area contributed by atoms with Crippen LogP contribution in [0.4, 0.5) is 9.39 Å². The van der Waals surface area contributed by atoms with Crippen molar-refractivity contribution in [2.24, 2.45) is 5.73 Å². The molecule has 2 amide bonds. The maximum absolute atomic E-state index is 13.2. The number of carbonyl (C=O) groups is 3. The van der Waals surface area contributed by atoms with E-state index in [0.29, 0.717) is 10.4 Å². The summed E-state index contributed by atoms with van der Waals surface area (Å²) in [6.07, 6.45) is -1.09. The van der Waals surface area contributed by atoms with Crippen molar-refractivity contribution in [3.63, 3.8) is 0 Å². The van der Waals surface area contributed by atoms with Gasteiger partial charge < -0.3 is 15.8 Å². The van der Waals surface area contributed by atoms with E-state index in [0.717, 1.165) is 27.4 Å². The van der Waals surface area contributed by atoms with Gasteiger partial charge in [-0.05, 0) is 48.0 Å². The summed E-state index contributed by atoms with van der Waals surface area (Å²) in [7, 11) is 0. The van der Waals surface area contributed by atoms with Crippen molar-refractivity contribution < 1.29 is 23.5 Å². The molecule has 26 heavy (non-hydrogen) atoms. The van der Waals surface area contributed by atoms with Gasteiger partial charge in [0, 0.05) is 4.70 Å². The lowest BCUT2D eigenvalue weighted by molar-refractivity contribution is -0.123. The van der Waals surface area contributed by atoms with E-state index >= 15 is 0 Å². The molecule has 1 aromatic carbocycles. The van der Waals surface area contributed by atoms with Crippen molar-refractivity contribution in [2.75, 3.05) is 5.32 Å². The average Bonchev–Trinajstić information content (AvgIpc) is 3.20. The molecule has 0 radical (unpaired) electrons. The van der Waals surface area contributed by atoms with E-state index < -0.39 is 29.7 Å². The maximum Gasteiger partial charge on any atom is 0.349 e. The number of amides is 2. The number of anilines is 1. The Hall–Kier alpha value is -2.78. The number of hydrogen-bond acceptors (Lipinski definition) is 6. The number of rotatable bonds is 5. The zero-order valence-corrected chi connectivity index (χ0v) is 15.1. The fraction of sp³-hybridized carbons (Fsp3) is 0.118. The molecular formula is C17H13FN2O4S2. The van der Waals surface area contributed by atoms with E-state index in [1.807, 2.05) is 0 Å². The quantitative estimate of drug-likeness (QED) is 0.650. The number of fused-ring (bicyclic) bond motifs is 1. The number of halogens is 1. The smallest absolute Gasteiger partial charge is 0.349 e. The monoisotopic (exact) mass is 392 g/mol. The molecule has 3 N–H and O–H groups in total. The average molecular weight is 392 g/mol. The third kappa shape index (κ3) is 3.73. The van der Waals surface area contributed by atoms with E-state index in [4.69, 9.17) is 10.5 Å². The number of benzene rings is 1. The van der Waals surface area contributed by atoms with Crippen LogP contribution in [-0.2, 0) is 9.53 Å². The molecule has 0 bridgehead atoms. The molecular weight excluding hydrogens is 379 g/mol. The predicted octanol–water partition coefficient (Wildman–Crippen LogP) is 3.38. The Morgan fingerprint density at radius 2 is 2.00 bits per heavy atom. The molecule has 0 aliphatic carbocycles. The molecule has 9 heteroatoms. The number of esters is 1. The fourth-order valence-electron chi connectivity index (χ4n) is 2.20. The van der Waals surface area contributed by atoms with Crippen LogP contribution in [0, 0.1) is 5.82 Å². The molecule has 2 aromatic heterocycles. The van der Waals surface area contributed by atoms with Crippen molar-refractivity contribution >= 4 is 55.5 Å². The number of nitrogens with one attached hydrogen (secondary N) is 1. The lowest BCUT2D eigenvalue weighted by Gasteiger charge is -2.12. The van der Waals surface area contributed by atoms with Crippen LogP contribution in [0.25, 0.3) is 10.1 Å². The molecule has 0 spiro atoms. The summed E-state index contributed by atoms with van der Waals surface area (Å²) in [5, 5.41) is 5.01. The Balaban J connectivity index is 1.68. The molecule has 0 aliphatic heterocycles. The Bertz CT molecular complexity index is 1010. The Labute approximate surface area is 155 Å². The third-order valence-electron chi connectivity index (χ3n) is 3.50. The summed E-state index contributed by atoms with van der Waals surface area (Å²) < 4.78 is 19.1. The fourth-order valence-corrected chi connectivity index (χ4v) is 3.92. The lowest BCUT2D eigenvalue weighted by atomic mass is 10.2. The van der Waals surface area contributed by atoms with Gasteiger partial charge in [-0.15, -0.1) is 22.7 Å². The second kappa shape index (κ2) is 7.22. The molecule has 1 atom stereocenters. The summed E-state index contributed by atoms with van der Waals surface area (Å²) in [6, 6.07) is 7.21. The first-order valence-corrected chi connectivity index (χ1v) is 9.13.